The van der Waals surface area contributed by atoms with Crippen LogP contribution in [-0.2, 0) is 10.0 Å². The molecule has 0 spiro atoms. The summed E-state index contributed by atoms with van der Waals surface area (Å²) in [4.78, 5) is 12.8. The smallest absolute Gasteiger partial charge is 0.252 e. The summed E-state index contributed by atoms with van der Waals surface area (Å²) in [6.45, 7) is 6.10. The van der Waals surface area contributed by atoms with Crippen molar-refractivity contribution in [1.82, 2.24) is 9.62 Å². The van der Waals surface area contributed by atoms with Gasteiger partial charge in [-0.05, 0) is 52.7 Å². The van der Waals surface area contributed by atoms with E-state index in [9.17, 15) is 13.2 Å². The van der Waals surface area contributed by atoms with Crippen LogP contribution >= 0.6 is 27.5 Å². The van der Waals surface area contributed by atoms with Crippen molar-refractivity contribution in [1.29, 1.82) is 0 Å². The molecule has 146 valence electrons. The first-order valence-electron chi connectivity index (χ1n) is 8.57. The molecule has 1 atom stereocenters. The van der Waals surface area contributed by atoms with E-state index in [2.05, 4.69) is 21.2 Å². The molecule has 0 aliphatic heterocycles. The molecule has 2 aromatic carbocycles. The van der Waals surface area contributed by atoms with E-state index >= 15 is 0 Å². The first kappa shape index (κ1) is 21.9. The zero-order valence-electron chi connectivity index (χ0n) is 15.4. The summed E-state index contributed by atoms with van der Waals surface area (Å²) in [7, 11) is -3.65. The number of carbonyl (C=O) groups is 1. The van der Waals surface area contributed by atoms with Crippen LogP contribution in [-0.4, -0.2) is 31.7 Å². The third-order valence-corrected chi connectivity index (χ3v) is 7.33. The molecule has 1 N–H and O–H groups in total. The first-order chi connectivity index (χ1) is 12.7. The third-order valence-electron chi connectivity index (χ3n) is 4.24. The van der Waals surface area contributed by atoms with Crippen molar-refractivity contribution < 1.29 is 13.2 Å². The molecule has 0 saturated heterocycles. The van der Waals surface area contributed by atoms with Crippen molar-refractivity contribution in [2.24, 2.45) is 0 Å². The normalized spacial score (nSPS) is 12.8. The molecule has 2 rings (SSSR count). The maximum atomic E-state index is 12.8. The highest BCUT2D eigenvalue weighted by Gasteiger charge is 2.24. The number of carbonyl (C=O) groups excluding carboxylic acids is 1. The highest BCUT2D eigenvalue weighted by molar-refractivity contribution is 9.10. The fraction of sp³-hybridized carbons (Fsp3) is 0.316. The van der Waals surface area contributed by atoms with E-state index in [1.54, 1.807) is 26.0 Å². The van der Waals surface area contributed by atoms with Crippen LogP contribution in [0.5, 0.6) is 0 Å². The second kappa shape index (κ2) is 9.19. The Morgan fingerprint density at radius 1 is 1.19 bits per heavy atom. The number of amides is 1. The molecule has 8 heteroatoms. The van der Waals surface area contributed by atoms with Crippen molar-refractivity contribution in [3.8, 4) is 0 Å². The fourth-order valence-electron chi connectivity index (χ4n) is 2.73. The molecule has 0 aliphatic carbocycles. The summed E-state index contributed by atoms with van der Waals surface area (Å²) in [5, 5.41) is 3.43. The fourth-order valence-corrected chi connectivity index (χ4v) is 4.94. The minimum Gasteiger partial charge on any atom is -0.345 e. The van der Waals surface area contributed by atoms with Gasteiger partial charge in [-0.1, -0.05) is 43.6 Å². The van der Waals surface area contributed by atoms with Gasteiger partial charge in [0.15, 0.2) is 0 Å². The standard InChI is InChI=1S/C19H22BrClN2O3S/c1-4-23(5-2)27(25,26)14-10-11-17(20)16(12-14)19(24)22-13(3)15-8-6-7-9-18(15)21/h6-13H,4-5H2,1-3H3,(H,22,24). The maximum absolute atomic E-state index is 12.8. The largest absolute Gasteiger partial charge is 0.345 e. The molecule has 1 amide bonds. The van der Waals surface area contributed by atoms with Gasteiger partial charge in [-0.15, -0.1) is 0 Å². The Balaban J connectivity index is 2.33. The summed E-state index contributed by atoms with van der Waals surface area (Å²) in [6.07, 6.45) is 0. The van der Waals surface area contributed by atoms with Crippen LogP contribution in [0, 0.1) is 0 Å². The predicted molar refractivity (Wildman–Crippen MR) is 112 cm³/mol. The number of rotatable bonds is 7. The van der Waals surface area contributed by atoms with Gasteiger partial charge in [0.2, 0.25) is 10.0 Å². The topological polar surface area (TPSA) is 66.5 Å². The zero-order chi connectivity index (χ0) is 20.2. The number of hydrogen-bond donors (Lipinski definition) is 1. The van der Waals surface area contributed by atoms with Crippen LogP contribution in [0.25, 0.3) is 0 Å². The average molecular weight is 474 g/mol. The van der Waals surface area contributed by atoms with Gasteiger partial charge in [0.05, 0.1) is 16.5 Å². The Labute approximate surface area is 173 Å². The molecule has 0 fully saturated rings. The second-order valence-corrected chi connectivity index (χ2v) is 9.15. The van der Waals surface area contributed by atoms with Crippen molar-refractivity contribution >= 4 is 43.5 Å². The molecule has 0 heterocycles. The lowest BCUT2D eigenvalue weighted by molar-refractivity contribution is 0.0939. The number of hydrogen-bond acceptors (Lipinski definition) is 3. The number of sulfonamides is 1. The van der Waals surface area contributed by atoms with E-state index in [0.717, 1.165) is 5.56 Å². The number of benzene rings is 2. The molecular weight excluding hydrogens is 452 g/mol. The van der Waals surface area contributed by atoms with Crippen LogP contribution in [0.3, 0.4) is 0 Å². The van der Waals surface area contributed by atoms with Gasteiger partial charge in [-0.25, -0.2) is 8.42 Å². The van der Waals surface area contributed by atoms with E-state index in [4.69, 9.17) is 11.6 Å². The van der Waals surface area contributed by atoms with E-state index in [1.165, 1.54) is 16.4 Å². The Morgan fingerprint density at radius 3 is 2.41 bits per heavy atom. The van der Waals surface area contributed by atoms with Crippen molar-refractivity contribution in [3.05, 3.63) is 63.1 Å². The van der Waals surface area contributed by atoms with Crippen LogP contribution in [0.15, 0.2) is 51.8 Å². The van der Waals surface area contributed by atoms with Gasteiger partial charge in [0.25, 0.3) is 5.91 Å². The molecule has 1 unspecified atom stereocenters. The molecular formula is C19H22BrClN2O3S. The second-order valence-electron chi connectivity index (χ2n) is 5.95. The van der Waals surface area contributed by atoms with Gasteiger partial charge in [-0.2, -0.15) is 4.31 Å². The van der Waals surface area contributed by atoms with E-state index in [1.807, 2.05) is 25.1 Å². The van der Waals surface area contributed by atoms with E-state index < -0.39 is 10.0 Å². The lowest BCUT2D eigenvalue weighted by atomic mass is 10.1. The number of nitrogens with zero attached hydrogens (tertiary/aromatic N) is 1. The minimum atomic E-state index is -3.65. The van der Waals surface area contributed by atoms with Gasteiger partial charge >= 0.3 is 0 Å². The summed E-state index contributed by atoms with van der Waals surface area (Å²) < 4.78 is 27.3. The molecule has 0 radical (unpaired) electrons. The Bertz CT molecular complexity index is 930. The van der Waals surface area contributed by atoms with Crippen LogP contribution in [0.2, 0.25) is 5.02 Å². The lowest BCUT2D eigenvalue weighted by Gasteiger charge is -2.20. The van der Waals surface area contributed by atoms with Crippen LogP contribution in [0.4, 0.5) is 0 Å². The maximum Gasteiger partial charge on any atom is 0.252 e. The minimum absolute atomic E-state index is 0.0879. The monoisotopic (exact) mass is 472 g/mol. The summed E-state index contributed by atoms with van der Waals surface area (Å²) in [5.41, 5.74) is 1.04. The first-order valence-corrected chi connectivity index (χ1v) is 11.2. The Hall–Kier alpha value is -1.41. The van der Waals surface area contributed by atoms with Crippen LogP contribution < -0.4 is 5.32 Å². The molecule has 0 saturated carbocycles. The number of nitrogens with one attached hydrogen (secondary N) is 1. The van der Waals surface area contributed by atoms with E-state index in [-0.39, 0.29) is 22.4 Å². The Morgan fingerprint density at radius 2 is 1.81 bits per heavy atom. The summed E-state index contributed by atoms with van der Waals surface area (Å²) in [6, 6.07) is 11.4. The average Bonchev–Trinajstić information content (AvgIpc) is 2.62. The molecule has 27 heavy (non-hydrogen) atoms. The summed E-state index contributed by atoms with van der Waals surface area (Å²) in [5.74, 6) is -0.383. The molecule has 0 aliphatic rings. The number of halogens is 2. The zero-order valence-corrected chi connectivity index (χ0v) is 18.5. The predicted octanol–water partition coefficient (Wildman–Crippen LogP) is 4.62. The quantitative estimate of drug-likeness (QED) is 0.638. The van der Waals surface area contributed by atoms with Crippen molar-refractivity contribution in [2.45, 2.75) is 31.7 Å². The van der Waals surface area contributed by atoms with Crippen molar-refractivity contribution in [2.75, 3.05) is 13.1 Å². The van der Waals surface area contributed by atoms with E-state index in [0.29, 0.717) is 22.6 Å². The lowest BCUT2D eigenvalue weighted by Crippen LogP contribution is -2.31. The van der Waals surface area contributed by atoms with Gasteiger partial charge in [0.1, 0.15) is 0 Å². The highest BCUT2D eigenvalue weighted by atomic mass is 79.9. The molecule has 0 aromatic heterocycles. The SMILES string of the molecule is CCN(CC)S(=O)(=O)c1ccc(Br)c(C(=O)NC(C)c2ccccc2Cl)c1. The molecule has 2 aromatic rings. The van der Waals surface area contributed by atoms with Crippen molar-refractivity contribution in [3.63, 3.8) is 0 Å². The highest BCUT2D eigenvalue weighted by Crippen LogP contribution is 2.26. The summed E-state index contributed by atoms with van der Waals surface area (Å²) >= 11 is 9.52. The van der Waals surface area contributed by atoms with Gasteiger partial charge < -0.3 is 5.32 Å². The molecule has 0 bridgehead atoms. The van der Waals surface area contributed by atoms with Gasteiger partial charge in [-0.3, -0.25) is 4.79 Å². The molecule has 5 nitrogen and oxygen atoms in total. The third kappa shape index (κ3) is 4.90. The Kier molecular flexibility index (Phi) is 7.45. The van der Waals surface area contributed by atoms with Crippen LogP contribution in [0.1, 0.15) is 42.7 Å². The van der Waals surface area contributed by atoms with Gasteiger partial charge in [0, 0.05) is 22.6 Å².